The summed E-state index contributed by atoms with van der Waals surface area (Å²) in [7, 11) is -9.82. The average Bonchev–Trinajstić information content (AvgIpc) is 3.11. The van der Waals surface area contributed by atoms with Gasteiger partial charge < -0.3 is 9.05 Å². The van der Waals surface area contributed by atoms with Crippen molar-refractivity contribution in [3.63, 3.8) is 0 Å². The Morgan fingerprint density at radius 2 is 0.578 bits per heavy atom. The molecule has 0 N–H and O–H groups in total. The summed E-state index contributed by atoms with van der Waals surface area (Å²) < 4.78 is 56.9. The molecule has 6 aromatic carbocycles. The predicted molar refractivity (Wildman–Crippen MR) is 184 cm³/mol. The molecule has 6 nitrogen and oxygen atoms in total. The Labute approximate surface area is 264 Å². The van der Waals surface area contributed by atoms with Crippen molar-refractivity contribution in [1.29, 1.82) is 0 Å². The highest BCUT2D eigenvalue weighted by atomic mass is 31.2. The molecule has 0 aliphatic rings. The van der Waals surface area contributed by atoms with Gasteiger partial charge >= 0.3 is 8.25 Å². The van der Waals surface area contributed by atoms with Gasteiger partial charge in [0.25, 0.3) is 14.7 Å². The number of hydrogen-bond donors (Lipinski definition) is 0. The van der Waals surface area contributed by atoms with Crippen LogP contribution in [0, 0.1) is 0 Å². The van der Waals surface area contributed by atoms with Crippen LogP contribution in [0.5, 0.6) is 11.5 Å². The largest absolute Gasteiger partial charge is 0.418 e. The molecule has 6 aromatic rings. The molecule has 226 valence electrons. The van der Waals surface area contributed by atoms with E-state index in [0.717, 1.165) is 0 Å². The summed E-state index contributed by atoms with van der Waals surface area (Å²) in [5.41, 5.74) is 0. The standard InChI is InChI=1S/C24H20O3P2.C12H11O3P/c25-28(21-13-5-1-6-14-21,22-15-7-2-8-16-22)27-29(26,23-17-9-3-10-18-23)24-19-11-4-12-20-24;13-16(14-11-7-3-1-4-8-11)15-12-9-5-2-6-10-12/h1-20H;1-10,16H. The van der Waals surface area contributed by atoms with Crippen molar-refractivity contribution in [1.82, 2.24) is 0 Å². The van der Waals surface area contributed by atoms with Gasteiger partial charge in [-0.1, -0.05) is 109 Å². The fourth-order valence-corrected chi connectivity index (χ4v) is 10.7. The summed E-state index contributed by atoms with van der Waals surface area (Å²) in [6.45, 7) is 0. The van der Waals surface area contributed by atoms with Gasteiger partial charge in [-0.05, 0) is 72.8 Å². The Morgan fingerprint density at radius 3 is 0.822 bits per heavy atom. The zero-order valence-electron chi connectivity index (χ0n) is 24.2. The monoisotopic (exact) mass is 652 g/mol. The van der Waals surface area contributed by atoms with E-state index in [1.54, 1.807) is 72.8 Å². The lowest BCUT2D eigenvalue weighted by Gasteiger charge is -2.26. The van der Waals surface area contributed by atoms with Gasteiger partial charge in [0.15, 0.2) is 0 Å². The minimum Gasteiger partial charge on any atom is -0.418 e. The number of para-hydroxylation sites is 2. The average molecular weight is 653 g/mol. The topological polar surface area (TPSA) is 78.9 Å². The van der Waals surface area contributed by atoms with Crippen LogP contribution in [-0.4, -0.2) is 0 Å². The molecule has 6 rings (SSSR count). The predicted octanol–water partition coefficient (Wildman–Crippen LogP) is 8.40. The number of rotatable bonds is 10. The Balaban J connectivity index is 0.000000211. The first-order valence-electron chi connectivity index (χ1n) is 14.1. The zero-order chi connectivity index (χ0) is 31.4. The highest BCUT2D eigenvalue weighted by Crippen LogP contribution is 2.61. The van der Waals surface area contributed by atoms with Crippen LogP contribution in [0.4, 0.5) is 0 Å². The summed E-state index contributed by atoms with van der Waals surface area (Å²) in [4.78, 5) is 0. The zero-order valence-corrected chi connectivity index (χ0v) is 27.0. The third kappa shape index (κ3) is 8.39. The third-order valence-electron chi connectivity index (χ3n) is 6.50. The molecular weight excluding hydrogens is 621 g/mol. The van der Waals surface area contributed by atoms with Gasteiger partial charge in [-0.15, -0.1) is 0 Å². The van der Waals surface area contributed by atoms with E-state index in [4.69, 9.17) is 13.4 Å². The Kier molecular flexibility index (Phi) is 11.0. The third-order valence-corrected chi connectivity index (χ3v) is 13.1. The van der Waals surface area contributed by atoms with Gasteiger partial charge in [-0.25, -0.2) is 4.57 Å². The summed E-state index contributed by atoms with van der Waals surface area (Å²) in [6.07, 6.45) is 0. The van der Waals surface area contributed by atoms with Crippen LogP contribution in [0.25, 0.3) is 0 Å². The molecule has 0 atom stereocenters. The molecule has 45 heavy (non-hydrogen) atoms. The normalized spacial score (nSPS) is 11.2. The molecule has 0 saturated carbocycles. The molecule has 0 radical (unpaired) electrons. The van der Waals surface area contributed by atoms with Crippen molar-refractivity contribution >= 4 is 44.2 Å². The molecule has 0 amide bonds. The van der Waals surface area contributed by atoms with Crippen molar-refractivity contribution in [3.8, 4) is 11.5 Å². The molecule has 0 fully saturated rings. The van der Waals surface area contributed by atoms with Gasteiger partial charge in [0.2, 0.25) is 0 Å². The molecule has 0 aromatic heterocycles. The summed E-state index contributed by atoms with van der Waals surface area (Å²) in [5.74, 6) is 1.09. The number of benzene rings is 6. The fraction of sp³-hybridized carbons (Fsp3) is 0. The van der Waals surface area contributed by atoms with Gasteiger partial charge in [0.1, 0.15) is 11.5 Å². The molecule has 0 unspecified atom stereocenters. The van der Waals surface area contributed by atoms with Crippen molar-refractivity contribution < 1.29 is 27.1 Å². The van der Waals surface area contributed by atoms with E-state index in [2.05, 4.69) is 0 Å². The molecule has 0 bridgehead atoms. The minimum absolute atomic E-state index is 0.512. The molecule has 0 heterocycles. The molecular formula is C36H31O6P3. The van der Waals surface area contributed by atoms with Crippen LogP contribution in [0.2, 0.25) is 0 Å². The van der Waals surface area contributed by atoms with Crippen LogP contribution in [-0.2, 0) is 18.0 Å². The van der Waals surface area contributed by atoms with Crippen LogP contribution in [0.3, 0.4) is 0 Å². The van der Waals surface area contributed by atoms with E-state index in [9.17, 15) is 13.7 Å². The Hall–Kier alpha value is -4.43. The summed E-state index contributed by atoms with van der Waals surface area (Å²) in [5, 5.41) is 2.05. The van der Waals surface area contributed by atoms with Gasteiger partial charge in [0.05, 0.1) is 0 Å². The van der Waals surface area contributed by atoms with E-state index in [1.165, 1.54) is 0 Å². The lowest BCUT2D eigenvalue weighted by molar-refractivity contribution is 0.415. The smallest absolute Gasteiger partial charge is 0.418 e. The van der Waals surface area contributed by atoms with Crippen LogP contribution >= 0.6 is 23.0 Å². The number of hydrogen-bond acceptors (Lipinski definition) is 6. The van der Waals surface area contributed by atoms with E-state index < -0.39 is 23.0 Å². The van der Waals surface area contributed by atoms with Gasteiger partial charge in [-0.3, -0.25) is 13.4 Å². The van der Waals surface area contributed by atoms with Crippen molar-refractivity contribution in [2.45, 2.75) is 0 Å². The summed E-state index contributed by atoms with van der Waals surface area (Å²) in [6, 6.07) is 53.9. The first-order chi connectivity index (χ1) is 22.0. The molecule has 0 aliphatic carbocycles. The van der Waals surface area contributed by atoms with Crippen LogP contribution < -0.4 is 30.3 Å². The van der Waals surface area contributed by atoms with Gasteiger partial charge in [0, 0.05) is 21.2 Å². The van der Waals surface area contributed by atoms with E-state index >= 15 is 0 Å². The van der Waals surface area contributed by atoms with E-state index in [1.807, 2.05) is 109 Å². The maximum Gasteiger partial charge on any atom is 0.418 e. The highest BCUT2D eigenvalue weighted by molar-refractivity contribution is 7.86. The van der Waals surface area contributed by atoms with Crippen molar-refractivity contribution in [2.24, 2.45) is 0 Å². The minimum atomic E-state index is -3.64. The molecule has 0 spiro atoms. The summed E-state index contributed by atoms with van der Waals surface area (Å²) >= 11 is 0. The second-order valence-corrected chi connectivity index (χ2v) is 15.4. The fourth-order valence-electron chi connectivity index (χ4n) is 4.34. The first-order valence-corrected chi connectivity index (χ1v) is 18.6. The lowest BCUT2D eigenvalue weighted by atomic mass is 10.3. The van der Waals surface area contributed by atoms with E-state index in [-0.39, 0.29) is 0 Å². The molecule has 9 heteroatoms. The quantitative estimate of drug-likeness (QED) is 0.138. The Bertz CT molecular complexity index is 1650. The second-order valence-electron chi connectivity index (χ2n) is 9.61. The highest BCUT2D eigenvalue weighted by Gasteiger charge is 2.40. The van der Waals surface area contributed by atoms with E-state index in [0.29, 0.717) is 32.7 Å². The van der Waals surface area contributed by atoms with Crippen LogP contribution in [0.15, 0.2) is 182 Å². The first kappa shape index (κ1) is 32.0. The van der Waals surface area contributed by atoms with Crippen molar-refractivity contribution in [2.75, 3.05) is 0 Å². The Morgan fingerprint density at radius 1 is 0.356 bits per heavy atom. The van der Waals surface area contributed by atoms with Gasteiger partial charge in [-0.2, -0.15) is 0 Å². The molecule has 0 aliphatic heterocycles. The maximum absolute atomic E-state index is 14.4. The molecule has 0 saturated heterocycles. The van der Waals surface area contributed by atoms with Crippen molar-refractivity contribution in [3.05, 3.63) is 182 Å². The van der Waals surface area contributed by atoms with Crippen LogP contribution in [0.1, 0.15) is 0 Å². The second kappa shape index (κ2) is 15.5. The lowest BCUT2D eigenvalue weighted by Crippen LogP contribution is -2.23. The SMILES string of the molecule is O=P(OP(=O)(c1ccccc1)c1ccccc1)(c1ccccc1)c1ccccc1.O=[PH](Oc1ccccc1)Oc1ccccc1. The maximum atomic E-state index is 14.4.